The predicted molar refractivity (Wildman–Crippen MR) is 166 cm³/mol. The number of hydrogen-bond acceptors (Lipinski definition) is 5. The Kier molecular flexibility index (Phi) is 38.7. The van der Waals surface area contributed by atoms with Crippen LogP contribution in [0.15, 0.2) is 86.1 Å². The van der Waals surface area contributed by atoms with Gasteiger partial charge in [0, 0.05) is 11.3 Å². The van der Waals surface area contributed by atoms with Crippen LogP contribution >= 0.6 is 0 Å². The number of ether oxygens (including phenoxy) is 2. The molecule has 212 valence electrons. The van der Waals surface area contributed by atoms with E-state index in [4.69, 9.17) is 24.2 Å². The fraction of sp³-hybridized carbons (Fsp3) is 0.333. The number of carbonyl (C=O) groups excluding carboxylic acids is 2. The lowest BCUT2D eigenvalue weighted by atomic mass is 10.1. The van der Waals surface area contributed by atoms with E-state index in [0.29, 0.717) is 0 Å². The van der Waals surface area contributed by atoms with Crippen molar-refractivity contribution < 1.29 is 24.2 Å². The molecule has 1 aromatic rings. The first kappa shape index (κ1) is 41.4. The van der Waals surface area contributed by atoms with Gasteiger partial charge in [0.25, 0.3) is 0 Å². The molecule has 0 unspecified atom stereocenters. The van der Waals surface area contributed by atoms with Gasteiger partial charge in [0.05, 0.1) is 20.8 Å². The summed E-state index contributed by atoms with van der Waals surface area (Å²) in [6, 6.07) is 3.94. The van der Waals surface area contributed by atoms with Crippen molar-refractivity contribution in [3.05, 3.63) is 96.5 Å². The van der Waals surface area contributed by atoms with E-state index < -0.39 is 0 Å². The summed E-state index contributed by atoms with van der Waals surface area (Å²) >= 11 is 0. The smallest absolute Gasteiger partial charge is 0.130 e. The van der Waals surface area contributed by atoms with Crippen LogP contribution in [-0.2, 0) is 9.59 Å². The zero-order chi connectivity index (χ0) is 30.0. The number of rotatable bonds is 7. The van der Waals surface area contributed by atoms with E-state index >= 15 is 0 Å². The van der Waals surface area contributed by atoms with Gasteiger partial charge in [0.1, 0.15) is 24.6 Å². The van der Waals surface area contributed by atoms with Crippen LogP contribution in [0.3, 0.4) is 0 Å². The highest BCUT2D eigenvalue weighted by Crippen LogP contribution is 2.13. The van der Waals surface area contributed by atoms with Gasteiger partial charge in [-0.25, -0.2) is 0 Å². The van der Waals surface area contributed by atoms with Crippen molar-refractivity contribution in [2.75, 3.05) is 20.8 Å². The van der Waals surface area contributed by atoms with Gasteiger partial charge in [-0.15, -0.1) is 19.7 Å². The Balaban J connectivity index is -0.000000379. The van der Waals surface area contributed by atoms with E-state index in [9.17, 15) is 0 Å². The normalized spacial score (nSPS) is 16.0. The molecule has 5 heteroatoms. The molecule has 1 N–H and O–H groups in total. The van der Waals surface area contributed by atoms with Crippen LogP contribution in [0.1, 0.15) is 53.4 Å². The standard InChI is InChI=1S/C23H28O2.C3H6O.C2H4O.C2H6.C2H4.CH2O/c1-4-5-7-12-19-13-8-6-9-15-20-17-21(24-2)18-23(25-3)22(20)16-11-10-14-19;1-2-3-4;1-2-3;3*1-2/h6,8-11,13-18H,4-5,7,12H2,1-3H3;2,4H,1,3H2;2H,1H3;1-2H3;1-2H2;1H2/b8-6?,9-6+,11-10+,13-8-,14-10?,15-9?,16-11?,19-13?,19-14-,20-15-,22-16+;;;;;. The van der Waals surface area contributed by atoms with Gasteiger partial charge in [-0.05, 0) is 36.6 Å². The topological polar surface area (TPSA) is 72.8 Å². The molecule has 0 spiro atoms. The molecule has 0 heterocycles. The maximum absolute atomic E-state index is 8.81. The second-order valence-corrected chi connectivity index (χ2v) is 6.70. The summed E-state index contributed by atoms with van der Waals surface area (Å²) in [5.74, 6) is 1.60. The van der Waals surface area contributed by atoms with Gasteiger partial charge in [0.15, 0.2) is 0 Å². The molecule has 0 saturated carbocycles. The van der Waals surface area contributed by atoms with Crippen LogP contribution in [0.25, 0.3) is 12.2 Å². The Bertz CT molecular complexity index is 935. The Labute approximate surface area is 231 Å². The lowest BCUT2D eigenvalue weighted by molar-refractivity contribution is -0.106. The Morgan fingerprint density at radius 3 is 1.95 bits per heavy atom. The molecule has 0 aliphatic heterocycles. The van der Waals surface area contributed by atoms with Crippen LogP contribution in [-0.4, -0.2) is 39.0 Å². The zero-order valence-corrected chi connectivity index (χ0v) is 24.4. The van der Waals surface area contributed by atoms with E-state index in [0.717, 1.165) is 34.6 Å². The lowest BCUT2D eigenvalue weighted by Gasteiger charge is -2.06. The average Bonchev–Trinajstić information content (AvgIpc) is 2.97. The number of allylic oxidation sites excluding steroid dienone is 8. The van der Waals surface area contributed by atoms with E-state index in [1.54, 1.807) is 14.2 Å². The average molecular weight is 527 g/mol. The maximum Gasteiger partial charge on any atom is 0.130 e. The van der Waals surface area contributed by atoms with Gasteiger partial charge < -0.3 is 24.2 Å². The summed E-state index contributed by atoms with van der Waals surface area (Å²) in [5, 5.41) is 9.88. The molecule has 2 rings (SSSR count). The Hall–Kier alpha value is -3.70. The number of hydrogen-bond donors (Lipinski definition) is 1. The first-order valence-corrected chi connectivity index (χ1v) is 12.7. The second kappa shape index (κ2) is 35.5. The summed E-state index contributed by atoms with van der Waals surface area (Å²) in [5.41, 5.74) is 1.35. The molecule has 0 fully saturated rings. The van der Waals surface area contributed by atoms with Crippen LogP contribution in [0.4, 0.5) is 0 Å². The van der Waals surface area contributed by atoms with Crippen LogP contribution in [0.5, 0.6) is 11.5 Å². The lowest BCUT2D eigenvalue weighted by Crippen LogP contribution is -2.26. The molecular formula is C33H50O5. The van der Waals surface area contributed by atoms with Crippen molar-refractivity contribution in [2.45, 2.75) is 53.4 Å². The van der Waals surface area contributed by atoms with E-state index in [2.05, 4.69) is 81.3 Å². The van der Waals surface area contributed by atoms with E-state index in [1.165, 1.54) is 37.8 Å². The first-order valence-electron chi connectivity index (χ1n) is 12.7. The van der Waals surface area contributed by atoms with Crippen LogP contribution in [0, 0.1) is 0 Å². The van der Waals surface area contributed by atoms with Gasteiger partial charge >= 0.3 is 0 Å². The summed E-state index contributed by atoms with van der Waals surface area (Å²) < 4.78 is 10.9. The molecule has 1 aliphatic rings. The number of methoxy groups -OCH3 is 2. The second-order valence-electron chi connectivity index (χ2n) is 6.70. The largest absolute Gasteiger partial charge is 0.497 e. The number of aldehydes is 1. The zero-order valence-electron chi connectivity index (χ0n) is 24.4. The molecule has 0 bridgehead atoms. The summed E-state index contributed by atoms with van der Waals surface area (Å²) in [7, 11) is 3.36. The van der Waals surface area contributed by atoms with Crippen molar-refractivity contribution in [1.29, 1.82) is 0 Å². The van der Waals surface area contributed by atoms with Gasteiger partial charge in [-0.1, -0.05) is 94.4 Å². The molecule has 1 aromatic carbocycles. The van der Waals surface area contributed by atoms with Crippen molar-refractivity contribution >= 4 is 25.2 Å². The van der Waals surface area contributed by atoms with Crippen molar-refractivity contribution in [3.8, 4) is 11.5 Å². The molecule has 38 heavy (non-hydrogen) atoms. The summed E-state index contributed by atoms with van der Waals surface area (Å²) in [6.45, 7) is 19.0. The molecule has 0 radical (unpaired) electrons. The third-order valence-corrected chi connectivity index (χ3v) is 4.29. The Morgan fingerprint density at radius 1 is 0.895 bits per heavy atom. The highest BCUT2D eigenvalue weighted by atomic mass is 16.5. The highest BCUT2D eigenvalue weighted by molar-refractivity contribution is 5.52. The van der Waals surface area contributed by atoms with Gasteiger partial charge in [0.2, 0.25) is 0 Å². The first-order chi connectivity index (χ1) is 18.6. The molecule has 0 aromatic heterocycles. The fourth-order valence-corrected chi connectivity index (χ4v) is 2.76. The molecular weight excluding hydrogens is 476 g/mol. The Morgan fingerprint density at radius 2 is 1.45 bits per heavy atom. The quantitative estimate of drug-likeness (QED) is 0.251. The predicted octanol–water partition coefficient (Wildman–Crippen LogP) is 6.47. The number of benzene rings is 1. The van der Waals surface area contributed by atoms with Gasteiger partial charge in [-0.3, -0.25) is 0 Å². The SMILES string of the molecule is C=C.C=CCO.C=O.CC.CC=O.CCCCCC1=C/C=C/C=c2/c(OC)cc(OC)c/c2=C/C=C/C=C\1. The monoisotopic (exact) mass is 526 g/mol. The fourth-order valence-electron chi connectivity index (χ4n) is 2.76. The maximum atomic E-state index is 8.81. The van der Waals surface area contributed by atoms with Gasteiger partial charge in [-0.2, -0.15) is 0 Å². The van der Waals surface area contributed by atoms with Crippen LogP contribution < -0.4 is 19.9 Å². The minimum absolute atomic E-state index is 0.0833. The number of fused-ring (bicyclic) bond motifs is 1. The summed E-state index contributed by atoms with van der Waals surface area (Å²) in [4.78, 5) is 16.8. The number of unbranched alkanes of at least 4 members (excludes halogenated alkanes) is 2. The van der Waals surface area contributed by atoms with E-state index in [1.807, 2.05) is 32.8 Å². The van der Waals surface area contributed by atoms with E-state index in [-0.39, 0.29) is 6.61 Å². The minimum Gasteiger partial charge on any atom is -0.497 e. The van der Waals surface area contributed by atoms with Crippen molar-refractivity contribution in [1.82, 2.24) is 0 Å². The third kappa shape index (κ3) is 22.7. The summed E-state index contributed by atoms with van der Waals surface area (Å²) in [6.07, 6.45) is 26.0. The molecule has 5 nitrogen and oxygen atoms in total. The number of aliphatic hydroxyl groups is 1. The minimum atomic E-state index is 0.0833. The highest BCUT2D eigenvalue weighted by Gasteiger charge is 2.01. The molecule has 1 aliphatic carbocycles. The van der Waals surface area contributed by atoms with Crippen LogP contribution in [0.2, 0.25) is 0 Å². The third-order valence-electron chi connectivity index (χ3n) is 4.29. The van der Waals surface area contributed by atoms with Crippen molar-refractivity contribution in [2.24, 2.45) is 0 Å². The molecule has 0 saturated heterocycles. The molecule has 0 atom stereocenters. The number of aliphatic hydroxyl groups excluding tert-OH is 1. The molecule has 0 amide bonds. The number of carbonyl (C=O) groups is 2. The van der Waals surface area contributed by atoms with Crippen molar-refractivity contribution in [3.63, 3.8) is 0 Å².